The van der Waals surface area contributed by atoms with Gasteiger partial charge in [-0.25, -0.2) is 0 Å². The van der Waals surface area contributed by atoms with Gasteiger partial charge in [-0.2, -0.15) is 0 Å². The topological polar surface area (TPSA) is 86.7 Å². The Morgan fingerprint density at radius 1 is 1.23 bits per heavy atom. The maximum atomic E-state index is 12.4. The molecule has 0 aromatic carbocycles. The third-order valence-corrected chi connectivity index (χ3v) is 4.86. The predicted molar refractivity (Wildman–Crippen MR) is 81.1 cm³/mol. The van der Waals surface area contributed by atoms with Gasteiger partial charge in [0.15, 0.2) is 0 Å². The van der Waals surface area contributed by atoms with Crippen LogP contribution in [0.1, 0.15) is 52.4 Å². The molecule has 2 amide bonds. The van der Waals surface area contributed by atoms with Gasteiger partial charge in [0, 0.05) is 24.9 Å². The van der Waals surface area contributed by atoms with E-state index in [-0.39, 0.29) is 30.1 Å². The number of carbonyl (C=O) groups excluding carboxylic acids is 2. The molecule has 0 aromatic rings. The molecule has 1 aliphatic carbocycles. The van der Waals surface area contributed by atoms with Crippen LogP contribution in [0.5, 0.6) is 0 Å². The van der Waals surface area contributed by atoms with Gasteiger partial charge in [-0.3, -0.25) is 14.4 Å². The third kappa shape index (κ3) is 3.78. The van der Waals surface area contributed by atoms with Crippen molar-refractivity contribution in [2.75, 3.05) is 13.1 Å². The maximum absolute atomic E-state index is 12.4. The first-order chi connectivity index (χ1) is 10.3. The first-order valence-corrected chi connectivity index (χ1v) is 8.15. The highest BCUT2D eigenvalue weighted by Gasteiger charge is 2.41. The minimum atomic E-state index is -0.864. The highest BCUT2D eigenvalue weighted by Crippen LogP contribution is 2.35. The van der Waals surface area contributed by atoms with Crippen LogP contribution < -0.4 is 5.32 Å². The Balaban J connectivity index is 1.85. The lowest BCUT2D eigenvalue weighted by Crippen LogP contribution is -2.57. The van der Waals surface area contributed by atoms with Gasteiger partial charge in [0.2, 0.25) is 11.8 Å². The maximum Gasteiger partial charge on any atom is 0.305 e. The minimum absolute atomic E-state index is 0.00339. The average Bonchev–Trinajstić information content (AvgIpc) is 2.43. The van der Waals surface area contributed by atoms with Crippen LogP contribution in [-0.2, 0) is 14.4 Å². The fraction of sp³-hybridized carbons (Fsp3) is 0.812. The Morgan fingerprint density at radius 2 is 1.82 bits per heavy atom. The third-order valence-electron chi connectivity index (χ3n) is 4.86. The molecule has 2 N–H and O–H groups in total. The average molecular weight is 310 g/mol. The molecule has 1 saturated heterocycles. The fourth-order valence-electron chi connectivity index (χ4n) is 3.33. The summed E-state index contributed by atoms with van der Waals surface area (Å²) in [7, 11) is 0. The molecule has 0 radical (unpaired) electrons. The lowest BCUT2D eigenvalue weighted by molar-refractivity contribution is -0.142. The molecule has 1 saturated carbocycles. The molecule has 2 aliphatic rings. The summed E-state index contributed by atoms with van der Waals surface area (Å²) < 4.78 is 0. The normalized spacial score (nSPS) is 21.3. The molecular weight excluding hydrogens is 284 g/mol. The summed E-state index contributed by atoms with van der Waals surface area (Å²) in [6, 6.07) is 0. The summed E-state index contributed by atoms with van der Waals surface area (Å²) in [4.78, 5) is 37.1. The molecular formula is C16H26N2O4. The van der Waals surface area contributed by atoms with Crippen LogP contribution in [0.2, 0.25) is 0 Å². The highest BCUT2D eigenvalue weighted by molar-refractivity contribution is 5.82. The van der Waals surface area contributed by atoms with Gasteiger partial charge in [0.1, 0.15) is 0 Å². The van der Waals surface area contributed by atoms with Gasteiger partial charge >= 0.3 is 5.97 Å². The van der Waals surface area contributed by atoms with Crippen molar-refractivity contribution in [2.24, 2.45) is 11.8 Å². The first-order valence-electron chi connectivity index (χ1n) is 8.15. The highest BCUT2D eigenvalue weighted by atomic mass is 16.4. The number of nitrogens with one attached hydrogen (secondary N) is 1. The van der Waals surface area contributed by atoms with Crippen molar-refractivity contribution in [3.05, 3.63) is 0 Å². The zero-order chi connectivity index (χ0) is 16.3. The molecule has 0 bridgehead atoms. The summed E-state index contributed by atoms with van der Waals surface area (Å²) in [5, 5.41) is 12.0. The van der Waals surface area contributed by atoms with E-state index in [0.29, 0.717) is 25.9 Å². The van der Waals surface area contributed by atoms with E-state index in [1.54, 1.807) is 0 Å². The van der Waals surface area contributed by atoms with Crippen molar-refractivity contribution in [1.29, 1.82) is 0 Å². The van der Waals surface area contributed by atoms with E-state index in [9.17, 15) is 14.4 Å². The molecule has 0 unspecified atom stereocenters. The Bertz CT molecular complexity index is 449. The van der Waals surface area contributed by atoms with Crippen molar-refractivity contribution in [2.45, 2.75) is 57.9 Å². The van der Waals surface area contributed by atoms with Gasteiger partial charge in [-0.1, -0.05) is 13.8 Å². The van der Waals surface area contributed by atoms with Crippen LogP contribution in [0.4, 0.5) is 0 Å². The number of likely N-dealkylation sites (tertiary alicyclic amines) is 1. The van der Waals surface area contributed by atoms with Crippen LogP contribution in [0.15, 0.2) is 0 Å². The molecule has 124 valence electrons. The lowest BCUT2D eigenvalue weighted by Gasteiger charge is -2.43. The molecule has 1 aliphatic heterocycles. The lowest BCUT2D eigenvalue weighted by atomic mass is 9.74. The molecule has 6 heteroatoms. The molecule has 0 spiro atoms. The van der Waals surface area contributed by atoms with E-state index in [2.05, 4.69) is 5.32 Å². The van der Waals surface area contributed by atoms with Crippen LogP contribution >= 0.6 is 0 Å². The Labute approximate surface area is 131 Å². The van der Waals surface area contributed by atoms with E-state index in [0.717, 1.165) is 19.3 Å². The van der Waals surface area contributed by atoms with E-state index in [4.69, 9.17) is 5.11 Å². The summed E-state index contributed by atoms with van der Waals surface area (Å²) >= 11 is 0. The van der Waals surface area contributed by atoms with E-state index >= 15 is 0 Å². The zero-order valence-corrected chi connectivity index (χ0v) is 13.4. The van der Waals surface area contributed by atoms with Crippen LogP contribution in [-0.4, -0.2) is 46.4 Å². The largest absolute Gasteiger partial charge is 0.481 e. The van der Waals surface area contributed by atoms with Gasteiger partial charge in [-0.05, 0) is 32.1 Å². The SMILES string of the molecule is CC(C)C(=O)N1CCC(C(=O)NC2(CC(=O)O)CCC2)CC1. The number of carboxylic acid groups (broad SMARTS) is 1. The number of rotatable bonds is 5. The number of hydrogen-bond donors (Lipinski definition) is 2. The van der Waals surface area contributed by atoms with Gasteiger partial charge in [0.05, 0.1) is 12.0 Å². The fourth-order valence-corrected chi connectivity index (χ4v) is 3.33. The summed E-state index contributed by atoms with van der Waals surface area (Å²) in [5.41, 5.74) is -0.534. The number of amides is 2. The smallest absolute Gasteiger partial charge is 0.305 e. The van der Waals surface area contributed by atoms with Crippen molar-refractivity contribution in [3.63, 3.8) is 0 Å². The van der Waals surface area contributed by atoms with Crippen molar-refractivity contribution in [1.82, 2.24) is 10.2 Å². The number of carbonyl (C=O) groups is 3. The molecule has 2 fully saturated rings. The molecule has 0 atom stereocenters. The zero-order valence-electron chi connectivity index (χ0n) is 13.4. The van der Waals surface area contributed by atoms with Crippen molar-refractivity contribution in [3.8, 4) is 0 Å². The molecule has 2 rings (SSSR count). The molecule has 22 heavy (non-hydrogen) atoms. The Kier molecular flexibility index (Phi) is 5.08. The van der Waals surface area contributed by atoms with Gasteiger partial charge in [-0.15, -0.1) is 0 Å². The summed E-state index contributed by atoms with van der Waals surface area (Å²) in [5.74, 6) is -0.892. The number of hydrogen-bond acceptors (Lipinski definition) is 3. The second kappa shape index (κ2) is 6.67. The summed E-state index contributed by atoms with van der Waals surface area (Å²) in [6.07, 6.45) is 3.78. The van der Waals surface area contributed by atoms with Crippen molar-refractivity contribution >= 4 is 17.8 Å². The van der Waals surface area contributed by atoms with Crippen LogP contribution in [0.3, 0.4) is 0 Å². The molecule has 0 aromatic heterocycles. The monoisotopic (exact) mass is 310 g/mol. The summed E-state index contributed by atoms with van der Waals surface area (Å²) in [6.45, 7) is 4.99. The number of nitrogens with zero attached hydrogens (tertiary/aromatic N) is 1. The van der Waals surface area contributed by atoms with Crippen molar-refractivity contribution < 1.29 is 19.5 Å². The quantitative estimate of drug-likeness (QED) is 0.803. The molecule has 1 heterocycles. The van der Waals surface area contributed by atoms with E-state index < -0.39 is 11.5 Å². The minimum Gasteiger partial charge on any atom is -0.481 e. The van der Waals surface area contributed by atoms with E-state index in [1.807, 2.05) is 18.7 Å². The van der Waals surface area contributed by atoms with Gasteiger partial charge < -0.3 is 15.3 Å². The Hall–Kier alpha value is -1.59. The number of aliphatic carboxylic acids is 1. The van der Waals surface area contributed by atoms with Crippen LogP contribution in [0.25, 0.3) is 0 Å². The second-order valence-corrected chi connectivity index (χ2v) is 6.95. The second-order valence-electron chi connectivity index (χ2n) is 6.95. The first kappa shape index (κ1) is 16.8. The number of carboxylic acids is 1. The number of piperidine rings is 1. The van der Waals surface area contributed by atoms with Gasteiger partial charge in [0.25, 0.3) is 0 Å². The van der Waals surface area contributed by atoms with Crippen LogP contribution in [0, 0.1) is 11.8 Å². The van der Waals surface area contributed by atoms with E-state index in [1.165, 1.54) is 0 Å². The molecule has 6 nitrogen and oxygen atoms in total. The Morgan fingerprint density at radius 3 is 2.23 bits per heavy atom. The standard InChI is InChI=1S/C16H26N2O4/c1-11(2)15(22)18-8-4-12(5-9-18)14(21)17-16(6-3-7-16)10-13(19)20/h11-12H,3-10H2,1-2H3,(H,17,21)(H,19,20). The predicted octanol–water partition coefficient (Wildman–Crippen LogP) is 1.39.